The highest BCUT2D eigenvalue weighted by Crippen LogP contribution is 2.45. The van der Waals surface area contributed by atoms with E-state index in [1.54, 1.807) is 0 Å². The fraction of sp³-hybridized carbons (Fsp3) is 0.600. The number of nitrogen functional groups attached to an aromatic ring is 1. The van der Waals surface area contributed by atoms with Gasteiger partial charge < -0.3 is 5.73 Å². The lowest BCUT2D eigenvalue weighted by molar-refractivity contribution is 0.149. The van der Waals surface area contributed by atoms with Crippen LogP contribution in [0.15, 0.2) is 12.3 Å². The first-order valence-corrected chi connectivity index (χ1v) is 7.10. The number of anilines is 1. The first-order chi connectivity index (χ1) is 9.00. The zero-order valence-electron chi connectivity index (χ0n) is 12.0. The number of pyridine rings is 1. The maximum Gasteiger partial charge on any atom is 0.202 e. The molecule has 3 rings (SSSR count). The number of nitrogens with two attached hydrogens (primary N) is 1. The zero-order chi connectivity index (χ0) is 13.6. The number of aryl methyl sites for hydroxylation is 1. The molecule has 2 N–H and O–H groups in total. The lowest BCUT2D eigenvalue weighted by Gasteiger charge is -2.39. The van der Waals surface area contributed by atoms with Crippen LogP contribution in [0.2, 0.25) is 0 Å². The fourth-order valence-electron chi connectivity index (χ4n) is 3.39. The van der Waals surface area contributed by atoms with Gasteiger partial charge in [0.2, 0.25) is 5.95 Å². The molecular formula is C15H22N4. The van der Waals surface area contributed by atoms with Crippen LogP contribution in [0.5, 0.6) is 0 Å². The van der Waals surface area contributed by atoms with Gasteiger partial charge in [-0.25, -0.2) is 9.97 Å². The lowest BCUT2D eigenvalue weighted by Crippen LogP contribution is -2.31. The molecule has 2 aromatic heterocycles. The highest BCUT2D eigenvalue weighted by Gasteiger charge is 2.35. The Bertz CT molecular complexity index is 612. The predicted molar refractivity (Wildman–Crippen MR) is 78.0 cm³/mol. The Morgan fingerprint density at radius 3 is 2.89 bits per heavy atom. The van der Waals surface area contributed by atoms with Gasteiger partial charge in [0.05, 0.1) is 0 Å². The van der Waals surface area contributed by atoms with Crippen LogP contribution < -0.4 is 5.73 Å². The van der Waals surface area contributed by atoms with Crippen molar-refractivity contribution in [2.24, 2.45) is 5.41 Å². The minimum atomic E-state index is 0.255. The van der Waals surface area contributed by atoms with Crippen LogP contribution in [0, 0.1) is 12.3 Å². The average molecular weight is 258 g/mol. The minimum absolute atomic E-state index is 0.255. The highest BCUT2D eigenvalue weighted by molar-refractivity contribution is 5.77. The maximum absolute atomic E-state index is 6.19. The molecule has 0 radical (unpaired) electrons. The maximum atomic E-state index is 6.19. The Morgan fingerprint density at radius 1 is 1.37 bits per heavy atom. The molecule has 102 valence electrons. The summed E-state index contributed by atoms with van der Waals surface area (Å²) in [5, 5.41) is 0. The van der Waals surface area contributed by atoms with E-state index in [9.17, 15) is 0 Å². The van der Waals surface area contributed by atoms with Crippen LogP contribution >= 0.6 is 0 Å². The van der Waals surface area contributed by atoms with Crippen molar-refractivity contribution in [2.45, 2.75) is 52.5 Å². The SMILES string of the molecule is Cc1ccnc2c1nc(N)n2C1CCCCC1(C)C. The van der Waals surface area contributed by atoms with Crippen molar-refractivity contribution in [1.82, 2.24) is 14.5 Å². The Balaban J connectivity index is 2.19. The normalized spacial score (nSPS) is 22.8. The number of imidazole rings is 1. The van der Waals surface area contributed by atoms with E-state index < -0.39 is 0 Å². The molecule has 0 aromatic carbocycles. The minimum Gasteiger partial charge on any atom is -0.369 e. The standard InChI is InChI=1S/C15H22N4/c1-10-7-9-17-13-12(10)18-14(16)19(13)11-6-4-5-8-15(11,2)3/h7,9,11H,4-6,8H2,1-3H3,(H2,16,18). The molecule has 1 fully saturated rings. The van der Waals surface area contributed by atoms with E-state index in [0.29, 0.717) is 12.0 Å². The first-order valence-electron chi connectivity index (χ1n) is 7.10. The van der Waals surface area contributed by atoms with Gasteiger partial charge in [-0.1, -0.05) is 26.7 Å². The molecule has 4 heteroatoms. The monoisotopic (exact) mass is 258 g/mol. The number of hydrogen-bond acceptors (Lipinski definition) is 3. The van der Waals surface area contributed by atoms with Crippen molar-refractivity contribution in [3.8, 4) is 0 Å². The first kappa shape index (κ1) is 12.5. The Labute approximate surface area is 114 Å². The van der Waals surface area contributed by atoms with E-state index in [4.69, 9.17) is 5.73 Å². The second kappa shape index (κ2) is 4.22. The van der Waals surface area contributed by atoms with Gasteiger partial charge in [0.1, 0.15) is 5.52 Å². The third-order valence-electron chi connectivity index (χ3n) is 4.57. The van der Waals surface area contributed by atoms with Crippen LogP contribution in [-0.2, 0) is 0 Å². The van der Waals surface area contributed by atoms with Crippen molar-refractivity contribution in [2.75, 3.05) is 5.73 Å². The molecule has 19 heavy (non-hydrogen) atoms. The summed E-state index contributed by atoms with van der Waals surface area (Å²) in [5.74, 6) is 0.608. The van der Waals surface area contributed by atoms with E-state index in [1.165, 1.54) is 19.3 Å². The molecule has 1 aliphatic rings. The topological polar surface area (TPSA) is 56.7 Å². The second-order valence-electron chi connectivity index (χ2n) is 6.39. The Hall–Kier alpha value is -1.58. The molecule has 0 aliphatic heterocycles. The van der Waals surface area contributed by atoms with Gasteiger partial charge in [-0.15, -0.1) is 0 Å². The van der Waals surface area contributed by atoms with Gasteiger partial charge in [-0.3, -0.25) is 4.57 Å². The molecule has 1 atom stereocenters. The van der Waals surface area contributed by atoms with Crippen LogP contribution in [0.25, 0.3) is 11.2 Å². The van der Waals surface area contributed by atoms with Crippen molar-refractivity contribution >= 4 is 17.1 Å². The molecule has 0 amide bonds. The van der Waals surface area contributed by atoms with Crippen LogP contribution in [0.3, 0.4) is 0 Å². The molecule has 4 nitrogen and oxygen atoms in total. The zero-order valence-corrected chi connectivity index (χ0v) is 12.0. The lowest BCUT2D eigenvalue weighted by atomic mass is 9.73. The van der Waals surface area contributed by atoms with Crippen molar-refractivity contribution in [3.63, 3.8) is 0 Å². The Morgan fingerprint density at radius 2 is 2.16 bits per heavy atom. The fourth-order valence-corrected chi connectivity index (χ4v) is 3.39. The van der Waals surface area contributed by atoms with Gasteiger partial charge in [0.15, 0.2) is 5.65 Å². The summed E-state index contributed by atoms with van der Waals surface area (Å²) in [5.41, 5.74) is 9.47. The molecule has 0 spiro atoms. The smallest absolute Gasteiger partial charge is 0.202 e. The summed E-state index contributed by atoms with van der Waals surface area (Å²) in [7, 11) is 0. The molecule has 0 bridgehead atoms. The highest BCUT2D eigenvalue weighted by atomic mass is 15.2. The number of nitrogens with zero attached hydrogens (tertiary/aromatic N) is 3. The molecule has 1 unspecified atom stereocenters. The van der Waals surface area contributed by atoms with Gasteiger partial charge >= 0.3 is 0 Å². The van der Waals surface area contributed by atoms with Crippen molar-refractivity contribution in [1.29, 1.82) is 0 Å². The molecule has 1 aliphatic carbocycles. The van der Waals surface area contributed by atoms with E-state index in [1.807, 2.05) is 12.3 Å². The summed E-state index contributed by atoms with van der Waals surface area (Å²) in [6.45, 7) is 6.72. The van der Waals surface area contributed by atoms with Gasteiger partial charge in [0, 0.05) is 12.2 Å². The third kappa shape index (κ3) is 1.90. The van der Waals surface area contributed by atoms with Crippen LogP contribution in [0.1, 0.15) is 51.1 Å². The van der Waals surface area contributed by atoms with Gasteiger partial charge in [-0.05, 0) is 36.8 Å². The summed E-state index contributed by atoms with van der Waals surface area (Å²) >= 11 is 0. The molecular weight excluding hydrogens is 236 g/mol. The van der Waals surface area contributed by atoms with E-state index in [-0.39, 0.29) is 5.41 Å². The summed E-state index contributed by atoms with van der Waals surface area (Å²) in [4.78, 5) is 9.06. The van der Waals surface area contributed by atoms with Crippen LogP contribution in [0.4, 0.5) is 5.95 Å². The largest absolute Gasteiger partial charge is 0.369 e. The second-order valence-corrected chi connectivity index (χ2v) is 6.39. The van der Waals surface area contributed by atoms with E-state index in [2.05, 4.69) is 35.3 Å². The molecule has 0 saturated heterocycles. The molecule has 1 saturated carbocycles. The van der Waals surface area contributed by atoms with Crippen molar-refractivity contribution in [3.05, 3.63) is 17.8 Å². The summed E-state index contributed by atoms with van der Waals surface area (Å²) in [6.07, 6.45) is 6.83. The number of aromatic nitrogens is 3. The molecule has 2 heterocycles. The third-order valence-corrected chi connectivity index (χ3v) is 4.57. The average Bonchev–Trinajstić information content (AvgIpc) is 2.67. The number of fused-ring (bicyclic) bond motifs is 1. The van der Waals surface area contributed by atoms with Gasteiger partial charge in [0.25, 0.3) is 0 Å². The van der Waals surface area contributed by atoms with Crippen LogP contribution in [-0.4, -0.2) is 14.5 Å². The summed E-state index contributed by atoms with van der Waals surface area (Å²) in [6, 6.07) is 2.39. The van der Waals surface area contributed by atoms with Crippen molar-refractivity contribution < 1.29 is 0 Å². The number of rotatable bonds is 1. The van der Waals surface area contributed by atoms with E-state index in [0.717, 1.165) is 23.1 Å². The predicted octanol–water partition coefficient (Wildman–Crippen LogP) is 3.46. The molecule has 2 aromatic rings. The quantitative estimate of drug-likeness (QED) is 0.852. The summed E-state index contributed by atoms with van der Waals surface area (Å²) < 4.78 is 2.17. The number of hydrogen-bond donors (Lipinski definition) is 1. The Kier molecular flexibility index (Phi) is 2.77. The van der Waals surface area contributed by atoms with Gasteiger partial charge in [-0.2, -0.15) is 0 Å². The van der Waals surface area contributed by atoms with E-state index >= 15 is 0 Å².